The van der Waals surface area contributed by atoms with Gasteiger partial charge in [-0.1, -0.05) is 6.07 Å². The molecule has 0 radical (unpaired) electrons. The van der Waals surface area contributed by atoms with Gasteiger partial charge < -0.3 is 16.0 Å². The van der Waals surface area contributed by atoms with E-state index in [1.54, 1.807) is 37.4 Å². The van der Waals surface area contributed by atoms with Gasteiger partial charge >= 0.3 is 0 Å². The summed E-state index contributed by atoms with van der Waals surface area (Å²) in [6.07, 6.45) is 0.862. The van der Waals surface area contributed by atoms with Crippen LogP contribution in [0.1, 0.15) is 32.9 Å². The Morgan fingerprint density at radius 1 is 1.04 bits per heavy atom. The summed E-state index contributed by atoms with van der Waals surface area (Å²) in [6, 6.07) is 10.2. The molecule has 1 aromatic carbocycles. The van der Waals surface area contributed by atoms with Crippen LogP contribution in [0.5, 0.6) is 0 Å². The van der Waals surface area contributed by atoms with E-state index in [-0.39, 0.29) is 17.7 Å². The van der Waals surface area contributed by atoms with Crippen LogP contribution in [0, 0.1) is 0 Å². The van der Waals surface area contributed by atoms with E-state index < -0.39 is 0 Å². The fraction of sp³-hybridized carbons (Fsp3) is 0.235. The van der Waals surface area contributed by atoms with Crippen LogP contribution in [0.15, 0.2) is 41.8 Å². The van der Waals surface area contributed by atoms with Crippen LogP contribution >= 0.6 is 11.3 Å². The maximum atomic E-state index is 11.9. The van der Waals surface area contributed by atoms with Crippen molar-refractivity contribution < 1.29 is 14.4 Å². The van der Waals surface area contributed by atoms with E-state index in [9.17, 15) is 14.4 Å². The van der Waals surface area contributed by atoms with Gasteiger partial charge in [-0.2, -0.15) is 0 Å². The molecule has 7 heteroatoms. The fourth-order valence-corrected chi connectivity index (χ4v) is 2.66. The Balaban J connectivity index is 1.69. The second-order valence-corrected chi connectivity index (χ2v) is 5.99. The number of amides is 3. The summed E-state index contributed by atoms with van der Waals surface area (Å²) in [7, 11) is 1.56. The summed E-state index contributed by atoms with van der Waals surface area (Å²) in [5.41, 5.74) is 1.17. The first kappa shape index (κ1) is 17.7. The van der Waals surface area contributed by atoms with E-state index in [1.165, 1.54) is 11.3 Å². The fourth-order valence-electron chi connectivity index (χ4n) is 2.02. The second kappa shape index (κ2) is 8.83. The van der Waals surface area contributed by atoms with Gasteiger partial charge in [0.2, 0.25) is 5.91 Å². The Labute approximate surface area is 144 Å². The molecule has 0 aliphatic heterocycles. The van der Waals surface area contributed by atoms with Gasteiger partial charge in [0.05, 0.1) is 4.88 Å². The van der Waals surface area contributed by atoms with E-state index in [0.717, 1.165) is 0 Å². The largest absolute Gasteiger partial charge is 0.355 e. The standard InChI is InChI=1S/C17H19N3O3S/c1-18-16(22)12-6-8-13(9-7-12)20-15(21)5-2-10-19-17(23)14-4-3-11-24-14/h3-4,6-9,11H,2,5,10H2,1H3,(H,18,22)(H,19,23)(H,20,21). The average Bonchev–Trinajstić information content (AvgIpc) is 3.13. The quantitative estimate of drug-likeness (QED) is 0.673. The van der Waals surface area contributed by atoms with E-state index >= 15 is 0 Å². The van der Waals surface area contributed by atoms with Crippen LogP contribution in [-0.2, 0) is 4.79 Å². The number of thiophene rings is 1. The van der Waals surface area contributed by atoms with Crippen molar-refractivity contribution in [3.8, 4) is 0 Å². The molecular weight excluding hydrogens is 326 g/mol. The maximum absolute atomic E-state index is 11.9. The van der Waals surface area contributed by atoms with Gasteiger partial charge in [-0.25, -0.2) is 0 Å². The smallest absolute Gasteiger partial charge is 0.261 e. The molecule has 2 aromatic rings. The monoisotopic (exact) mass is 345 g/mol. The molecule has 0 bridgehead atoms. The van der Waals surface area contributed by atoms with Crippen molar-refractivity contribution in [2.24, 2.45) is 0 Å². The van der Waals surface area contributed by atoms with Crippen LogP contribution < -0.4 is 16.0 Å². The lowest BCUT2D eigenvalue weighted by atomic mass is 10.2. The van der Waals surface area contributed by atoms with Crippen molar-refractivity contribution in [3.63, 3.8) is 0 Å². The minimum atomic E-state index is -0.172. The molecule has 6 nitrogen and oxygen atoms in total. The molecule has 0 atom stereocenters. The predicted octanol–water partition coefficient (Wildman–Crippen LogP) is 2.26. The number of carbonyl (C=O) groups is 3. The normalized spacial score (nSPS) is 10.0. The Bertz CT molecular complexity index is 696. The highest BCUT2D eigenvalue weighted by Crippen LogP contribution is 2.10. The number of hydrogen-bond donors (Lipinski definition) is 3. The number of carbonyl (C=O) groups excluding carboxylic acids is 3. The first-order chi connectivity index (χ1) is 11.6. The zero-order valence-corrected chi connectivity index (χ0v) is 14.1. The molecule has 0 spiro atoms. The molecule has 0 saturated heterocycles. The van der Waals surface area contributed by atoms with Gasteiger partial charge in [0.1, 0.15) is 0 Å². The molecule has 0 aliphatic rings. The lowest BCUT2D eigenvalue weighted by Gasteiger charge is -2.07. The van der Waals surface area contributed by atoms with Crippen molar-refractivity contribution in [1.29, 1.82) is 0 Å². The molecule has 0 fully saturated rings. The highest BCUT2D eigenvalue weighted by atomic mass is 32.1. The third-order valence-corrected chi connectivity index (χ3v) is 4.14. The zero-order valence-electron chi connectivity index (χ0n) is 13.3. The Hall–Kier alpha value is -2.67. The van der Waals surface area contributed by atoms with Gasteiger partial charge in [0, 0.05) is 31.3 Å². The van der Waals surface area contributed by atoms with Gasteiger partial charge in [0.25, 0.3) is 11.8 Å². The summed E-state index contributed by atoms with van der Waals surface area (Å²) in [5.74, 6) is -0.419. The Morgan fingerprint density at radius 2 is 1.79 bits per heavy atom. The Kier molecular flexibility index (Phi) is 6.51. The number of rotatable bonds is 7. The van der Waals surface area contributed by atoms with Crippen LogP contribution in [0.3, 0.4) is 0 Å². The molecule has 1 aromatic heterocycles. The van der Waals surface area contributed by atoms with E-state index in [1.807, 2.05) is 11.4 Å². The molecule has 1 heterocycles. The average molecular weight is 345 g/mol. The highest BCUT2D eigenvalue weighted by Gasteiger charge is 2.07. The maximum Gasteiger partial charge on any atom is 0.261 e. The molecule has 2 rings (SSSR count). The van der Waals surface area contributed by atoms with Crippen LogP contribution in [0.2, 0.25) is 0 Å². The predicted molar refractivity (Wildman–Crippen MR) is 94.3 cm³/mol. The summed E-state index contributed by atoms with van der Waals surface area (Å²) in [5, 5.41) is 9.92. The van der Waals surface area contributed by atoms with Crippen molar-refractivity contribution in [3.05, 3.63) is 52.2 Å². The molecular formula is C17H19N3O3S. The topological polar surface area (TPSA) is 87.3 Å². The van der Waals surface area contributed by atoms with Crippen molar-refractivity contribution in [2.75, 3.05) is 18.9 Å². The SMILES string of the molecule is CNC(=O)c1ccc(NC(=O)CCCNC(=O)c2cccs2)cc1. The summed E-state index contributed by atoms with van der Waals surface area (Å²) >= 11 is 1.38. The molecule has 3 amide bonds. The summed E-state index contributed by atoms with van der Waals surface area (Å²) in [4.78, 5) is 35.7. The van der Waals surface area contributed by atoms with Crippen molar-refractivity contribution >= 4 is 34.7 Å². The third-order valence-electron chi connectivity index (χ3n) is 3.27. The van der Waals surface area contributed by atoms with E-state index in [2.05, 4.69) is 16.0 Å². The van der Waals surface area contributed by atoms with Crippen LogP contribution in [-0.4, -0.2) is 31.3 Å². The molecule has 0 aliphatic carbocycles. The summed E-state index contributed by atoms with van der Waals surface area (Å²) in [6.45, 7) is 0.444. The second-order valence-electron chi connectivity index (χ2n) is 5.04. The number of nitrogens with one attached hydrogen (secondary N) is 3. The molecule has 0 unspecified atom stereocenters. The van der Waals surface area contributed by atoms with Gasteiger partial charge in [-0.05, 0) is 42.1 Å². The number of hydrogen-bond acceptors (Lipinski definition) is 4. The van der Waals surface area contributed by atoms with Crippen LogP contribution in [0.4, 0.5) is 5.69 Å². The lowest BCUT2D eigenvalue weighted by Crippen LogP contribution is -2.24. The first-order valence-electron chi connectivity index (χ1n) is 7.54. The van der Waals surface area contributed by atoms with Gasteiger partial charge in [-0.3, -0.25) is 14.4 Å². The number of anilines is 1. The Morgan fingerprint density at radius 3 is 2.42 bits per heavy atom. The minimum absolute atomic E-state index is 0.116. The third kappa shape index (κ3) is 5.20. The minimum Gasteiger partial charge on any atom is -0.355 e. The van der Waals surface area contributed by atoms with Crippen molar-refractivity contribution in [1.82, 2.24) is 10.6 Å². The lowest BCUT2D eigenvalue weighted by molar-refractivity contribution is -0.116. The molecule has 3 N–H and O–H groups in total. The van der Waals surface area contributed by atoms with Gasteiger partial charge in [0.15, 0.2) is 0 Å². The van der Waals surface area contributed by atoms with E-state index in [0.29, 0.717) is 35.5 Å². The zero-order chi connectivity index (χ0) is 17.4. The van der Waals surface area contributed by atoms with Crippen LogP contribution in [0.25, 0.3) is 0 Å². The highest BCUT2D eigenvalue weighted by molar-refractivity contribution is 7.12. The number of benzene rings is 1. The first-order valence-corrected chi connectivity index (χ1v) is 8.42. The van der Waals surface area contributed by atoms with Crippen molar-refractivity contribution in [2.45, 2.75) is 12.8 Å². The molecule has 24 heavy (non-hydrogen) atoms. The molecule has 0 saturated carbocycles. The summed E-state index contributed by atoms with van der Waals surface area (Å²) < 4.78 is 0. The van der Waals surface area contributed by atoms with E-state index in [4.69, 9.17) is 0 Å². The molecule has 126 valence electrons. The van der Waals surface area contributed by atoms with Gasteiger partial charge in [-0.15, -0.1) is 11.3 Å².